The lowest BCUT2D eigenvalue weighted by atomic mass is 10.1. The van der Waals surface area contributed by atoms with E-state index in [1.165, 1.54) is 10.5 Å². The third-order valence-electron chi connectivity index (χ3n) is 5.02. The first-order valence-electron chi connectivity index (χ1n) is 10.4. The Labute approximate surface area is 200 Å². The Morgan fingerprint density at radius 3 is 2.68 bits per heavy atom. The summed E-state index contributed by atoms with van der Waals surface area (Å²) < 4.78 is 48.4. The third kappa shape index (κ3) is 10.2. The minimum atomic E-state index is -4.13. The summed E-state index contributed by atoms with van der Waals surface area (Å²) in [6.07, 6.45) is -1.59. The Morgan fingerprint density at radius 1 is 1.26 bits per heavy atom. The Balaban J connectivity index is 0.00000480. The highest BCUT2D eigenvalue weighted by molar-refractivity contribution is 14.0. The number of aliphatic imine (C=N–C) groups is 1. The normalized spacial score (nSPS) is 17.2. The van der Waals surface area contributed by atoms with Gasteiger partial charge in [-0.3, -0.25) is 9.89 Å². The van der Waals surface area contributed by atoms with Gasteiger partial charge in [-0.1, -0.05) is 6.07 Å². The van der Waals surface area contributed by atoms with E-state index in [1.807, 2.05) is 25.1 Å². The Morgan fingerprint density at radius 2 is 2.03 bits per heavy atom. The molecule has 1 aromatic carbocycles. The molecule has 31 heavy (non-hydrogen) atoms. The van der Waals surface area contributed by atoms with Gasteiger partial charge in [-0.25, -0.2) is 0 Å². The number of aryl methyl sites for hydroxylation is 1. The van der Waals surface area contributed by atoms with E-state index in [2.05, 4.69) is 15.6 Å². The molecule has 1 aliphatic heterocycles. The molecule has 0 aliphatic carbocycles. The maximum Gasteiger partial charge on any atom is 0.401 e. The smallest absolute Gasteiger partial charge is 0.401 e. The van der Waals surface area contributed by atoms with Crippen molar-refractivity contribution in [2.45, 2.75) is 32.4 Å². The molecule has 1 aromatic rings. The second-order valence-electron chi connectivity index (χ2n) is 7.41. The Kier molecular flexibility index (Phi) is 12.3. The number of hydrogen-bond donors (Lipinski definition) is 2. The lowest BCUT2D eigenvalue weighted by Crippen LogP contribution is -2.41. The molecule has 1 aliphatic rings. The standard InChI is InChI=1S/C21H33F3N4O2.HI/c1-4-30-19-12-16(7-8-18(19)29-3)6-5-10-26-20(25-2)27-13-17-9-11-28(14-17)15-21(22,23)24;/h7-8,12,17H,4-6,9-11,13-15H2,1-3H3,(H2,25,26,27);1H. The van der Waals surface area contributed by atoms with Crippen molar-refractivity contribution in [2.24, 2.45) is 10.9 Å². The summed E-state index contributed by atoms with van der Waals surface area (Å²) >= 11 is 0. The van der Waals surface area contributed by atoms with Crippen LogP contribution in [0.15, 0.2) is 23.2 Å². The number of likely N-dealkylation sites (tertiary alicyclic amines) is 1. The molecule has 1 fully saturated rings. The molecule has 0 spiro atoms. The van der Waals surface area contributed by atoms with E-state index in [-0.39, 0.29) is 29.9 Å². The number of guanidine groups is 1. The molecule has 6 nitrogen and oxygen atoms in total. The number of rotatable bonds is 10. The fourth-order valence-corrected chi connectivity index (χ4v) is 3.58. The molecule has 1 saturated heterocycles. The highest BCUT2D eigenvalue weighted by atomic mass is 127. The molecule has 10 heteroatoms. The Bertz CT molecular complexity index is 689. The monoisotopic (exact) mass is 558 g/mol. The van der Waals surface area contributed by atoms with Crippen LogP contribution in [0.2, 0.25) is 0 Å². The largest absolute Gasteiger partial charge is 0.493 e. The van der Waals surface area contributed by atoms with Crippen LogP contribution in [0.1, 0.15) is 25.3 Å². The molecule has 2 N–H and O–H groups in total. The van der Waals surface area contributed by atoms with Crippen LogP contribution in [-0.2, 0) is 6.42 Å². The van der Waals surface area contributed by atoms with E-state index >= 15 is 0 Å². The minimum absolute atomic E-state index is 0. The highest BCUT2D eigenvalue weighted by Crippen LogP contribution is 2.28. The molecule has 0 amide bonds. The van der Waals surface area contributed by atoms with Gasteiger partial charge in [0.15, 0.2) is 17.5 Å². The molecule has 2 rings (SSSR count). The van der Waals surface area contributed by atoms with Gasteiger partial charge in [0.05, 0.1) is 20.3 Å². The molecule has 178 valence electrons. The van der Waals surface area contributed by atoms with Gasteiger partial charge in [0.1, 0.15) is 0 Å². The van der Waals surface area contributed by atoms with Gasteiger partial charge in [0.2, 0.25) is 0 Å². The molecule has 0 radical (unpaired) electrons. The van der Waals surface area contributed by atoms with E-state index in [0.717, 1.165) is 37.3 Å². The summed E-state index contributed by atoms with van der Waals surface area (Å²) in [6, 6.07) is 5.95. The van der Waals surface area contributed by atoms with Crippen LogP contribution in [0.5, 0.6) is 11.5 Å². The van der Waals surface area contributed by atoms with Crippen molar-refractivity contribution in [1.82, 2.24) is 15.5 Å². The van der Waals surface area contributed by atoms with Crippen LogP contribution < -0.4 is 20.1 Å². The number of benzene rings is 1. The van der Waals surface area contributed by atoms with E-state index in [0.29, 0.717) is 32.2 Å². The van der Waals surface area contributed by atoms with Crippen molar-refractivity contribution in [3.05, 3.63) is 23.8 Å². The number of hydrogen-bond acceptors (Lipinski definition) is 4. The first-order chi connectivity index (χ1) is 14.3. The van der Waals surface area contributed by atoms with E-state index < -0.39 is 12.7 Å². The summed E-state index contributed by atoms with van der Waals surface area (Å²) in [5.41, 5.74) is 1.17. The topological polar surface area (TPSA) is 58.1 Å². The molecular weight excluding hydrogens is 524 g/mol. The van der Waals surface area contributed by atoms with Crippen molar-refractivity contribution in [3.8, 4) is 11.5 Å². The van der Waals surface area contributed by atoms with Crippen LogP contribution in [0.4, 0.5) is 13.2 Å². The molecule has 0 bridgehead atoms. The van der Waals surface area contributed by atoms with E-state index in [4.69, 9.17) is 9.47 Å². The lowest BCUT2D eigenvalue weighted by molar-refractivity contribution is -0.143. The maximum absolute atomic E-state index is 12.5. The van der Waals surface area contributed by atoms with E-state index in [9.17, 15) is 13.2 Å². The first-order valence-corrected chi connectivity index (χ1v) is 10.4. The average molecular weight is 558 g/mol. The zero-order chi connectivity index (χ0) is 22.0. The predicted molar refractivity (Wildman–Crippen MR) is 128 cm³/mol. The molecule has 1 heterocycles. The van der Waals surface area contributed by atoms with Crippen LogP contribution in [0.25, 0.3) is 0 Å². The van der Waals surface area contributed by atoms with Crippen LogP contribution in [0.3, 0.4) is 0 Å². The summed E-state index contributed by atoms with van der Waals surface area (Å²) in [5, 5.41) is 6.49. The molecule has 0 saturated carbocycles. The summed E-state index contributed by atoms with van der Waals surface area (Å²) in [7, 11) is 3.32. The van der Waals surface area contributed by atoms with Crippen LogP contribution in [0, 0.1) is 5.92 Å². The SMILES string of the molecule is CCOc1cc(CCCNC(=NC)NCC2CCN(CC(F)(F)F)C2)ccc1OC.I. The summed E-state index contributed by atoms with van der Waals surface area (Å²) in [4.78, 5) is 5.66. The number of methoxy groups -OCH3 is 1. The van der Waals surface area contributed by atoms with Crippen molar-refractivity contribution in [2.75, 3.05) is 53.5 Å². The van der Waals surface area contributed by atoms with Gasteiger partial charge in [0.25, 0.3) is 0 Å². The lowest BCUT2D eigenvalue weighted by Gasteiger charge is -2.18. The zero-order valence-corrected chi connectivity index (χ0v) is 20.8. The van der Waals surface area contributed by atoms with Crippen molar-refractivity contribution >= 4 is 29.9 Å². The van der Waals surface area contributed by atoms with E-state index in [1.54, 1.807) is 14.2 Å². The quantitative estimate of drug-likeness (QED) is 0.199. The fraction of sp³-hybridized carbons (Fsp3) is 0.667. The fourth-order valence-electron chi connectivity index (χ4n) is 3.58. The second-order valence-corrected chi connectivity index (χ2v) is 7.41. The van der Waals surface area contributed by atoms with Gasteiger partial charge < -0.3 is 20.1 Å². The van der Waals surface area contributed by atoms with Gasteiger partial charge in [-0.15, -0.1) is 24.0 Å². The molecule has 1 atom stereocenters. The van der Waals surface area contributed by atoms with Gasteiger partial charge in [0, 0.05) is 26.7 Å². The second kappa shape index (κ2) is 13.9. The Hall–Kier alpha value is -1.43. The van der Waals surface area contributed by atoms with Crippen LogP contribution >= 0.6 is 24.0 Å². The zero-order valence-electron chi connectivity index (χ0n) is 18.4. The van der Waals surface area contributed by atoms with Crippen molar-refractivity contribution in [3.63, 3.8) is 0 Å². The predicted octanol–water partition coefficient (Wildman–Crippen LogP) is 3.69. The average Bonchev–Trinajstić information content (AvgIpc) is 3.13. The number of nitrogens with one attached hydrogen (secondary N) is 2. The summed E-state index contributed by atoms with van der Waals surface area (Å²) in [6.45, 7) is 4.00. The maximum atomic E-state index is 12.5. The number of alkyl halides is 3. The van der Waals surface area contributed by atoms with Crippen molar-refractivity contribution in [1.29, 1.82) is 0 Å². The molecule has 1 unspecified atom stereocenters. The minimum Gasteiger partial charge on any atom is -0.493 e. The van der Waals surface area contributed by atoms with Gasteiger partial charge in [-0.2, -0.15) is 13.2 Å². The van der Waals surface area contributed by atoms with Gasteiger partial charge in [-0.05, 0) is 56.3 Å². The first kappa shape index (κ1) is 27.6. The number of halogens is 4. The highest BCUT2D eigenvalue weighted by Gasteiger charge is 2.34. The molecular formula is C21H34F3IN4O2. The summed E-state index contributed by atoms with van der Waals surface area (Å²) in [5.74, 6) is 2.35. The third-order valence-corrected chi connectivity index (χ3v) is 5.02. The number of nitrogens with zero attached hydrogens (tertiary/aromatic N) is 2. The van der Waals surface area contributed by atoms with Crippen LogP contribution in [-0.4, -0.2) is 70.5 Å². The van der Waals surface area contributed by atoms with Crippen molar-refractivity contribution < 1.29 is 22.6 Å². The molecule has 0 aromatic heterocycles. The van der Waals surface area contributed by atoms with Gasteiger partial charge >= 0.3 is 6.18 Å². The number of ether oxygens (including phenoxy) is 2.